The van der Waals surface area contributed by atoms with E-state index in [1.807, 2.05) is 0 Å². The minimum absolute atomic E-state index is 0.0000390. The van der Waals surface area contributed by atoms with Crippen molar-refractivity contribution < 1.29 is 26.7 Å². The van der Waals surface area contributed by atoms with Gasteiger partial charge in [-0.05, 0) is 85.3 Å². The van der Waals surface area contributed by atoms with Crippen LogP contribution in [-0.4, -0.2) is 6.36 Å². The van der Waals surface area contributed by atoms with Crippen molar-refractivity contribution in [3.05, 3.63) is 29.3 Å². The Labute approximate surface area is 200 Å². The summed E-state index contributed by atoms with van der Waals surface area (Å²) >= 11 is 0. The molecule has 192 valence electrons. The summed E-state index contributed by atoms with van der Waals surface area (Å²) in [4.78, 5) is 0. The smallest absolute Gasteiger partial charge is 0.399 e. The molecule has 0 heterocycles. The molecule has 0 saturated heterocycles. The second-order valence-corrected chi connectivity index (χ2v) is 11.3. The van der Waals surface area contributed by atoms with Gasteiger partial charge in [0.15, 0.2) is 11.6 Å². The Bertz CT molecular complexity index is 775. The molecule has 3 saturated carbocycles. The molecular weight excluding hydrogens is 447 g/mol. The monoisotopic (exact) mass is 486 g/mol. The zero-order chi connectivity index (χ0) is 24.3. The van der Waals surface area contributed by atoms with Gasteiger partial charge < -0.3 is 4.74 Å². The van der Waals surface area contributed by atoms with E-state index in [0.717, 1.165) is 55.6 Å². The molecular formula is C28H39F5O. The fourth-order valence-electron chi connectivity index (χ4n) is 7.27. The number of hydrogen-bond acceptors (Lipinski definition) is 1. The predicted octanol–water partition coefficient (Wildman–Crippen LogP) is 9.55. The topological polar surface area (TPSA) is 9.23 Å². The van der Waals surface area contributed by atoms with Crippen molar-refractivity contribution in [2.24, 2.45) is 29.6 Å². The highest BCUT2D eigenvalue weighted by Crippen LogP contribution is 2.49. The highest BCUT2D eigenvalue weighted by Gasteiger charge is 2.38. The SMILES string of the molecule is CCCC1CCC(CCC2CCC3CC(c4cc(F)c(OC(F)(F)F)c(F)c4)CCC3C2)CC1. The molecule has 4 rings (SSSR count). The van der Waals surface area contributed by atoms with Crippen LogP contribution >= 0.6 is 0 Å². The van der Waals surface area contributed by atoms with Crippen molar-refractivity contribution in [3.8, 4) is 5.75 Å². The number of halogens is 5. The molecule has 0 spiro atoms. The fraction of sp³-hybridized carbons (Fsp3) is 0.786. The van der Waals surface area contributed by atoms with Crippen LogP contribution in [0.5, 0.6) is 5.75 Å². The van der Waals surface area contributed by atoms with Crippen LogP contribution in [0.25, 0.3) is 0 Å². The number of benzene rings is 1. The van der Waals surface area contributed by atoms with Gasteiger partial charge in [-0.15, -0.1) is 13.2 Å². The third-order valence-corrected chi connectivity index (χ3v) is 9.08. The van der Waals surface area contributed by atoms with Gasteiger partial charge in [-0.25, -0.2) is 8.78 Å². The van der Waals surface area contributed by atoms with Crippen molar-refractivity contribution in [3.63, 3.8) is 0 Å². The molecule has 4 unspecified atom stereocenters. The van der Waals surface area contributed by atoms with Crippen LogP contribution in [0.2, 0.25) is 0 Å². The summed E-state index contributed by atoms with van der Waals surface area (Å²) in [6, 6.07) is 2.08. The summed E-state index contributed by atoms with van der Waals surface area (Å²) in [7, 11) is 0. The molecule has 0 aliphatic heterocycles. The Balaban J connectivity index is 1.26. The molecule has 0 amide bonds. The summed E-state index contributed by atoms with van der Waals surface area (Å²) in [6.07, 6.45) is 12.4. The molecule has 3 aliphatic carbocycles. The third-order valence-electron chi connectivity index (χ3n) is 9.08. The van der Waals surface area contributed by atoms with Crippen LogP contribution in [0.1, 0.15) is 108 Å². The van der Waals surface area contributed by atoms with Gasteiger partial charge in [-0.3, -0.25) is 0 Å². The molecule has 0 radical (unpaired) electrons. The van der Waals surface area contributed by atoms with E-state index in [1.165, 1.54) is 64.2 Å². The average Bonchev–Trinajstić information content (AvgIpc) is 2.80. The van der Waals surface area contributed by atoms with Crippen molar-refractivity contribution >= 4 is 0 Å². The van der Waals surface area contributed by atoms with Crippen molar-refractivity contribution in [1.82, 2.24) is 0 Å². The summed E-state index contributed by atoms with van der Waals surface area (Å²) in [5.41, 5.74) is 0.462. The second-order valence-electron chi connectivity index (χ2n) is 11.3. The van der Waals surface area contributed by atoms with Crippen molar-refractivity contribution in [2.75, 3.05) is 0 Å². The van der Waals surface area contributed by atoms with E-state index in [4.69, 9.17) is 0 Å². The highest BCUT2D eigenvalue weighted by atomic mass is 19.4. The summed E-state index contributed by atoms with van der Waals surface area (Å²) in [5.74, 6) is 0.000309. The number of rotatable bonds is 7. The molecule has 3 aliphatic rings. The molecule has 6 heteroatoms. The van der Waals surface area contributed by atoms with E-state index in [9.17, 15) is 22.0 Å². The van der Waals surface area contributed by atoms with E-state index < -0.39 is 23.7 Å². The first-order chi connectivity index (χ1) is 16.2. The summed E-state index contributed by atoms with van der Waals surface area (Å²) in [5, 5.41) is 0. The number of fused-ring (bicyclic) bond motifs is 1. The highest BCUT2D eigenvalue weighted by molar-refractivity contribution is 5.33. The lowest BCUT2D eigenvalue weighted by molar-refractivity contribution is -0.276. The Kier molecular flexibility index (Phi) is 8.45. The van der Waals surface area contributed by atoms with E-state index in [2.05, 4.69) is 11.7 Å². The molecule has 1 aromatic rings. The maximum atomic E-state index is 14.2. The lowest BCUT2D eigenvalue weighted by Gasteiger charge is -2.43. The van der Waals surface area contributed by atoms with Gasteiger partial charge in [0.05, 0.1) is 0 Å². The van der Waals surface area contributed by atoms with Gasteiger partial charge in [0, 0.05) is 0 Å². The second kappa shape index (κ2) is 11.2. The van der Waals surface area contributed by atoms with Crippen LogP contribution in [-0.2, 0) is 0 Å². The van der Waals surface area contributed by atoms with E-state index in [0.29, 0.717) is 17.4 Å². The van der Waals surface area contributed by atoms with E-state index in [-0.39, 0.29) is 5.92 Å². The standard InChI is InChI=1S/C28H39F5O/c1-2-3-18-4-6-19(7-5-18)8-9-20-10-11-22-15-23(13-12-21(22)14-20)24-16-25(29)27(26(30)17-24)34-28(31,32)33/h16-23H,2-15H2,1H3. The van der Waals surface area contributed by atoms with Gasteiger partial charge in [-0.1, -0.05) is 64.7 Å². The maximum Gasteiger partial charge on any atom is 0.573 e. The van der Waals surface area contributed by atoms with Crippen molar-refractivity contribution in [2.45, 2.75) is 109 Å². The molecule has 4 atom stereocenters. The maximum absolute atomic E-state index is 14.2. The zero-order valence-corrected chi connectivity index (χ0v) is 20.3. The minimum Gasteiger partial charge on any atom is -0.399 e. The number of alkyl halides is 3. The Morgan fingerprint density at radius 1 is 0.735 bits per heavy atom. The first-order valence-electron chi connectivity index (χ1n) is 13.5. The molecule has 1 nitrogen and oxygen atoms in total. The van der Waals surface area contributed by atoms with Gasteiger partial charge >= 0.3 is 6.36 Å². The average molecular weight is 487 g/mol. The Morgan fingerprint density at radius 2 is 1.26 bits per heavy atom. The van der Waals surface area contributed by atoms with Gasteiger partial charge in [0.2, 0.25) is 5.75 Å². The fourth-order valence-corrected chi connectivity index (χ4v) is 7.27. The number of hydrogen-bond donors (Lipinski definition) is 0. The zero-order valence-electron chi connectivity index (χ0n) is 20.3. The summed E-state index contributed by atoms with van der Waals surface area (Å²) < 4.78 is 69.2. The van der Waals surface area contributed by atoms with E-state index >= 15 is 0 Å². The van der Waals surface area contributed by atoms with Crippen molar-refractivity contribution in [1.29, 1.82) is 0 Å². The first-order valence-corrected chi connectivity index (χ1v) is 13.5. The Morgan fingerprint density at radius 3 is 1.88 bits per heavy atom. The molecule has 0 N–H and O–H groups in total. The normalized spacial score (nSPS) is 32.3. The lowest BCUT2D eigenvalue weighted by Crippen LogP contribution is -2.31. The first kappa shape index (κ1) is 25.8. The molecule has 34 heavy (non-hydrogen) atoms. The van der Waals surface area contributed by atoms with Crippen LogP contribution in [0, 0.1) is 41.2 Å². The minimum atomic E-state index is -5.12. The van der Waals surface area contributed by atoms with Crippen LogP contribution in [0.3, 0.4) is 0 Å². The predicted molar refractivity (Wildman–Crippen MR) is 124 cm³/mol. The van der Waals surface area contributed by atoms with Crippen LogP contribution < -0.4 is 4.74 Å². The molecule has 0 aromatic heterocycles. The molecule has 3 fully saturated rings. The van der Waals surface area contributed by atoms with E-state index in [1.54, 1.807) is 0 Å². The number of ether oxygens (including phenoxy) is 1. The third kappa shape index (κ3) is 6.66. The quantitative estimate of drug-likeness (QED) is 0.349. The van der Waals surface area contributed by atoms with Gasteiger partial charge in [0.25, 0.3) is 0 Å². The molecule has 0 bridgehead atoms. The largest absolute Gasteiger partial charge is 0.573 e. The molecule has 1 aromatic carbocycles. The van der Waals surface area contributed by atoms with Gasteiger partial charge in [-0.2, -0.15) is 0 Å². The van der Waals surface area contributed by atoms with Crippen LogP contribution in [0.15, 0.2) is 12.1 Å². The Hall–Kier alpha value is -1.33. The summed E-state index contributed by atoms with van der Waals surface area (Å²) in [6.45, 7) is 2.29. The lowest BCUT2D eigenvalue weighted by atomic mass is 9.63. The van der Waals surface area contributed by atoms with Gasteiger partial charge in [0.1, 0.15) is 0 Å². The van der Waals surface area contributed by atoms with Crippen LogP contribution in [0.4, 0.5) is 22.0 Å².